The van der Waals surface area contributed by atoms with Gasteiger partial charge in [-0.3, -0.25) is 4.79 Å². The van der Waals surface area contributed by atoms with E-state index in [4.69, 9.17) is 0 Å². The Hall–Kier alpha value is -1.49. The van der Waals surface area contributed by atoms with Gasteiger partial charge in [0.1, 0.15) is 0 Å². The fourth-order valence-corrected chi connectivity index (χ4v) is 1.07. The molecule has 0 spiro atoms. The molecule has 1 aromatic rings. The zero-order valence-electron chi connectivity index (χ0n) is 8.87. The number of hydrogen-bond acceptors (Lipinski definition) is 1. The zero-order valence-corrected chi connectivity index (χ0v) is 8.87. The molecule has 0 aliphatic rings. The predicted octanol–water partition coefficient (Wildman–Crippen LogP) is 2.35. The summed E-state index contributed by atoms with van der Waals surface area (Å²) in [7, 11) is 0. The van der Waals surface area contributed by atoms with Gasteiger partial charge in [-0.25, -0.2) is 0 Å². The van der Waals surface area contributed by atoms with E-state index in [9.17, 15) is 4.79 Å². The van der Waals surface area contributed by atoms with Crippen LogP contribution in [0.1, 0.15) is 31.3 Å². The van der Waals surface area contributed by atoms with E-state index in [0.717, 1.165) is 6.29 Å². The summed E-state index contributed by atoms with van der Waals surface area (Å²) in [6.07, 6.45) is 2.71. The van der Waals surface area contributed by atoms with Crippen LogP contribution in [0.4, 0.5) is 0 Å². The van der Waals surface area contributed by atoms with Crippen LogP contribution in [-0.4, -0.2) is 10.9 Å². The third-order valence-electron chi connectivity index (χ3n) is 1.70. The molecule has 2 heteroatoms. The lowest BCUT2D eigenvalue weighted by Gasteiger charge is -2.07. The average molecular weight is 189 g/mol. The maximum absolute atomic E-state index is 10.6. The van der Waals surface area contributed by atoms with Crippen molar-refractivity contribution in [3.05, 3.63) is 24.0 Å². The summed E-state index contributed by atoms with van der Waals surface area (Å²) in [6, 6.07) is 3.63. The van der Waals surface area contributed by atoms with Gasteiger partial charge in [-0.1, -0.05) is 11.8 Å². The first kappa shape index (κ1) is 10.6. The molecule has 0 unspecified atom stereocenters. The number of carbonyl (C=O) groups excluding carboxylic acids is 1. The molecular weight excluding hydrogens is 174 g/mol. The average Bonchev–Trinajstić information content (AvgIpc) is 2.49. The largest absolute Gasteiger partial charge is 0.334 e. The SMILES string of the molecule is CC(C)(C)C#CCn1cccc1C=O. The van der Waals surface area contributed by atoms with Gasteiger partial charge in [-0.2, -0.15) is 0 Å². The van der Waals surface area contributed by atoms with Crippen LogP contribution in [0.5, 0.6) is 0 Å². The minimum absolute atomic E-state index is 0.0223. The minimum atomic E-state index is 0.0223. The van der Waals surface area contributed by atoms with Crippen molar-refractivity contribution in [1.82, 2.24) is 4.57 Å². The molecule has 14 heavy (non-hydrogen) atoms. The Balaban J connectivity index is 2.69. The van der Waals surface area contributed by atoms with Crippen molar-refractivity contribution in [2.24, 2.45) is 5.41 Å². The van der Waals surface area contributed by atoms with Crippen LogP contribution in [0.25, 0.3) is 0 Å². The van der Waals surface area contributed by atoms with Crippen LogP contribution < -0.4 is 0 Å². The van der Waals surface area contributed by atoms with Gasteiger partial charge in [-0.05, 0) is 32.9 Å². The molecule has 0 fully saturated rings. The van der Waals surface area contributed by atoms with Crippen molar-refractivity contribution in [3.8, 4) is 11.8 Å². The maximum Gasteiger partial charge on any atom is 0.166 e. The molecule has 0 amide bonds. The molecule has 0 N–H and O–H groups in total. The molecule has 0 atom stereocenters. The molecule has 2 nitrogen and oxygen atoms in total. The first-order chi connectivity index (χ1) is 6.53. The standard InChI is InChI=1S/C12H15NO/c1-12(2,3)7-5-9-13-8-4-6-11(13)10-14/h4,6,8,10H,9H2,1-3H3. The molecule has 1 heterocycles. The second kappa shape index (κ2) is 4.15. The highest BCUT2D eigenvalue weighted by Crippen LogP contribution is 2.09. The van der Waals surface area contributed by atoms with E-state index in [2.05, 4.69) is 32.6 Å². The zero-order chi connectivity index (χ0) is 10.6. The molecule has 1 rings (SSSR count). The van der Waals surface area contributed by atoms with E-state index >= 15 is 0 Å². The Bertz CT molecular complexity index is 371. The third kappa shape index (κ3) is 3.10. The molecule has 0 aromatic carbocycles. The highest BCUT2D eigenvalue weighted by atomic mass is 16.1. The van der Waals surface area contributed by atoms with Crippen molar-refractivity contribution in [3.63, 3.8) is 0 Å². The molecule has 0 radical (unpaired) electrons. The molecule has 0 bridgehead atoms. The van der Waals surface area contributed by atoms with Crippen LogP contribution in [-0.2, 0) is 6.54 Å². The summed E-state index contributed by atoms with van der Waals surface area (Å²) in [5.74, 6) is 6.18. The number of carbonyl (C=O) groups is 1. The van der Waals surface area contributed by atoms with Crippen molar-refractivity contribution in [2.75, 3.05) is 0 Å². The Labute approximate surface area is 84.9 Å². The van der Waals surface area contributed by atoms with Crippen LogP contribution in [0, 0.1) is 17.3 Å². The minimum Gasteiger partial charge on any atom is -0.334 e. The highest BCUT2D eigenvalue weighted by Gasteiger charge is 2.03. The number of aromatic nitrogens is 1. The monoisotopic (exact) mass is 189 g/mol. The molecule has 1 aromatic heterocycles. The van der Waals surface area contributed by atoms with E-state index in [1.807, 2.05) is 16.8 Å². The summed E-state index contributed by atoms with van der Waals surface area (Å²) >= 11 is 0. The van der Waals surface area contributed by atoms with E-state index in [1.54, 1.807) is 6.07 Å². The number of rotatable bonds is 2. The summed E-state index contributed by atoms with van der Waals surface area (Å²) < 4.78 is 1.84. The van der Waals surface area contributed by atoms with Crippen molar-refractivity contribution < 1.29 is 4.79 Å². The topological polar surface area (TPSA) is 22.0 Å². The van der Waals surface area contributed by atoms with Crippen molar-refractivity contribution in [2.45, 2.75) is 27.3 Å². The van der Waals surface area contributed by atoms with Crippen LogP contribution >= 0.6 is 0 Å². The molecule has 0 aliphatic heterocycles. The number of hydrogen-bond donors (Lipinski definition) is 0. The summed E-state index contributed by atoms with van der Waals surface area (Å²) in [4.78, 5) is 10.6. The first-order valence-electron chi connectivity index (χ1n) is 4.63. The van der Waals surface area contributed by atoms with Gasteiger partial charge in [0.2, 0.25) is 0 Å². The van der Waals surface area contributed by atoms with Crippen LogP contribution in [0.3, 0.4) is 0 Å². The van der Waals surface area contributed by atoms with Gasteiger partial charge in [0.25, 0.3) is 0 Å². The second-order valence-corrected chi connectivity index (χ2v) is 4.23. The Morgan fingerprint density at radius 3 is 2.79 bits per heavy atom. The molecular formula is C12H15NO. The molecule has 0 saturated heterocycles. The summed E-state index contributed by atoms with van der Waals surface area (Å²) in [5, 5.41) is 0. The van der Waals surface area contributed by atoms with Gasteiger partial charge in [0.15, 0.2) is 6.29 Å². The fourth-order valence-electron chi connectivity index (χ4n) is 1.07. The number of aldehydes is 1. The van der Waals surface area contributed by atoms with E-state index in [-0.39, 0.29) is 5.41 Å². The molecule has 0 saturated carbocycles. The third-order valence-corrected chi connectivity index (χ3v) is 1.70. The van der Waals surface area contributed by atoms with Gasteiger partial charge in [0.05, 0.1) is 12.2 Å². The number of nitrogens with zero attached hydrogens (tertiary/aromatic N) is 1. The second-order valence-electron chi connectivity index (χ2n) is 4.23. The highest BCUT2D eigenvalue weighted by molar-refractivity contribution is 5.72. The quantitative estimate of drug-likeness (QED) is 0.517. The van der Waals surface area contributed by atoms with Gasteiger partial charge in [-0.15, -0.1) is 0 Å². The van der Waals surface area contributed by atoms with E-state index in [0.29, 0.717) is 12.2 Å². The molecule has 74 valence electrons. The van der Waals surface area contributed by atoms with Gasteiger partial charge in [0, 0.05) is 11.6 Å². The Morgan fingerprint density at radius 1 is 1.50 bits per heavy atom. The predicted molar refractivity (Wildman–Crippen MR) is 57.1 cm³/mol. The van der Waals surface area contributed by atoms with Crippen LogP contribution in [0.15, 0.2) is 18.3 Å². The maximum atomic E-state index is 10.6. The fraction of sp³-hybridized carbons (Fsp3) is 0.417. The van der Waals surface area contributed by atoms with Crippen LogP contribution in [0.2, 0.25) is 0 Å². The lowest BCUT2D eigenvalue weighted by atomic mass is 9.98. The summed E-state index contributed by atoms with van der Waals surface area (Å²) in [5.41, 5.74) is 0.697. The van der Waals surface area contributed by atoms with E-state index < -0.39 is 0 Å². The molecule has 0 aliphatic carbocycles. The Morgan fingerprint density at radius 2 is 2.21 bits per heavy atom. The smallest absolute Gasteiger partial charge is 0.166 e. The Kier molecular flexibility index (Phi) is 3.14. The van der Waals surface area contributed by atoms with E-state index in [1.165, 1.54) is 0 Å². The van der Waals surface area contributed by atoms with Crippen molar-refractivity contribution in [1.29, 1.82) is 0 Å². The lowest BCUT2D eigenvalue weighted by molar-refractivity contribution is 0.111. The normalized spacial score (nSPS) is 10.5. The lowest BCUT2D eigenvalue weighted by Crippen LogP contribution is -2.02. The summed E-state index contributed by atoms with van der Waals surface area (Å²) in [6.45, 7) is 6.78. The van der Waals surface area contributed by atoms with Gasteiger partial charge < -0.3 is 4.57 Å². The van der Waals surface area contributed by atoms with Gasteiger partial charge >= 0.3 is 0 Å². The van der Waals surface area contributed by atoms with Crippen molar-refractivity contribution >= 4 is 6.29 Å². The first-order valence-corrected chi connectivity index (χ1v) is 4.63.